The first-order chi connectivity index (χ1) is 15.2. The number of aliphatic hydroxyl groups is 1. The van der Waals surface area contributed by atoms with Gasteiger partial charge >= 0.3 is 0 Å². The van der Waals surface area contributed by atoms with Crippen molar-refractivity contribution >= 4 is 57.5 Å². The lowest BCUT2D eigenvalue weighted by Crippen LogP contribution is -2.37. The summed E-state index contributed by atoms with van der Waals surface area (Å²) in [5.74, 6) is -0.264. The molecule has 5 rings (SSSR count). The lowest BCUT2D eigenvalue weighted by Gasteiger charge is -2.26. The first-order valence-electron chi connectivity index (χ1n) is 9.12. The smallest absolute Gasteiger partial charge is 0.280 e. The molecule has 0 spiro atoms. The number of nitrogens with zero attached hydrogens (tertiary/aromatic N) is 3. The van der Waals surface area contributed by atoms with Crippen molar-refractivity contribution in [1.82, 2.24) is 19.5 Å². The van der Waals surface area contributed by atoms with E-state index in [0.717, 1.165) is 4.57 Å². The van der Waals surface area contributed by atoms with Crippen molar-refractivity contribution in [3.63, 3.8) is 0 Å². The highest BCUT2D eigenvalue weighted by Crippen LogP contribution is 2.44. The van der Waals surface area contributed by atoms with Crippen LogP contribution in [0.1, 0.15) is 6.23 Å². The van der Waals surface area contributed by atoms with Crippen molar-refractivity contribution in [3.8, 4) is 0 Å². The third kappa shape index (κ3) is 3.47. The molecule has 4 N–H and O–H groups in total. The number of nitrogen functional groups attached to an aromatic ring is 1. The van der Waals surface area contributed by atoms with Crippen LogP contribution in [0.15, 0.2) is 39.1 Å². The van der Waals surface area contributed by atoms with E-state index in [9.17, 15) is 18.3 Å². The van der Waals surface area contributed by atoms with Crippen LogP contribution in [0.2, 0.25) is 5.02 Å². The highest BCUT2D eigenvalue weighted by Gasteiger charge is 2.50. The Labute approximate surface area is 190 Å². The first-order valence-corrected chi connectivity index (χ1v) is 13.4. The van der Waals surface area contributed by atoms with Crippen molar-refractivity contribution in [3.05, 3.63) is 39.6 Å². The van der Waals surface area contributed by atoms with Crippen LogP contribution in [0.25, 0.3) is 11.2 Å². The Kier molecular flexibility index (Phi) is 5.38. The van der Waals surface area contributed by atoms with E-state index in [1.807, 2.05) is 0 Å². The molecule has 3 aromatic rings. The minimum Gasteiger partial charge on any atom is -0.386 e. The molecule has 2 unspecified atom stereocenters. The number of hydrogen-bond acceptors (Lipinski definition) is 11. The van der Waals surface area contributed by atoms with Crippen molar-refractivity contribution in [1.29, 1.82) is 0 Å². The molecule has 5 atom stereocenters. The SMILES string of the molecule is Nc1nc2c(nc(S(=O)(=O)c3ccc(Cl)cc3)n2[C@@H]2OC3CO[PH](=S)O[C@H]3[C@@H]2O)c(=O)[nH]1. The van der Waals surface area contributed by atoms with Crippen molar-refractivity contribution < 1.29 is 27.3 Å². The Morgan fingerprint density at radius 2 is 2.03 bits per heavy atom. The Morgan fingerprint density at radius 3 is 2.75 bits per heavy atom. The number of rotatable bonds is 3. The summed E-state index contributed by atoms with van der Waals surface area (Å²) in [5, 5.41) is 10.7. The lowest BCUT2D eigenvalue weighted by atomic mass is 10.1. The van der Waals surface area contributed by atoms with Gasteiger partial charge in [-0.05, 0) is 36.1 Å². The number of aliphatic hydroxyl groups excluding tert-OH is 1. The first kappa shape index (κ1) is 21.9. The summed E-state index contributed by atoms with van der Waals surface area (Å²) in [4.78, 5) is 22.7. The maximum Gasteiger partial charge on any atom is 0.280 e. The van der Waals surface area contributed by atoms with Gasteiger partial charge in [-0.2, -0.15) is 4.98 Å². The minimum atomic E-state index is -4.30. The van der Waals surface area contributed by atoms with Gasteiger partial charge in [0.1, 0.15) is 18.3 Å². The molecule has 170 valence electrons. The van der Waals surface area contributed by atoms with E-state index in [0.29, 0.717) is 5.02 Å². The number of aromatic nitrogens is 4. The Bertz CT molecular complexity index is 1410. The average molecular weight is 520 g/mol. The molecule has 2 aromatic heterocycles. The van der Waals surface area contributed by atoms with Crippen LogP contribution in [-0.4, -0.2) is 58.0 Å². The van der Waals surface area contributed by atoms with Gasteiger partial charge in [-0.3, -0.25) is 14.3 Å². The Hall–Kier alpha value is -1.90. The second-order valence-electron chi connectivity index (χ2n) is 7.04. The van der Waals surface area contributed by atoms with Crippen LogP contribution in [0, 0.1) is 0 Å². The highest BCUT2D eigenvalue weighted by molar-refractivity contribution is 8.00. The van der Waals surface area contributed by atoms with Crippen molar-refractivity contribution in [2.45, 2.75) is 34.6 Å². The number of halogens is 1. The topological polar surface area (TPSA) is 172 Å². The minimum absolute atomic E-state index is 0.0675. The van der Waals surface area contributed by atoms with Crippen LogP contribution < -0.4 is 11.3 Å². The number of aromatic amines is 1. The number of nitrogens with two attached hydrogens (primary N) is 1. The van der Waals surface area contributed by atoms with Gasteiger partial charge < -0.3 is 24.6 Å². The van der Waals surface area contributed by atoms with Gasteiger partial charge in [0, 0.05) is 5.02 Å². The lowest BCUT2D eigenvalue weighted by molar-refractivity contribution is -0.0558. The molecular formula is C16H15ClN5O7PS2. The summed E-state index contributed by atoms with van der Waals surface area (Å²) in [6.07, 6.45) is -4.21. The number of anilines is 1. The molecule has 2 fully saturated rings. The molecule has 0 bridgehead atoms. The van der Waals surface area contributed by atoms with Crippen LogP contribution >= 0.6 is 18.8 Å². The molecule has 16 heteroatoms. The van der Waals surface area contributed by atoms with Crippen LogP contribution in [-0.2, 0) is 35.4 Å². The molecule has 1 aromatic carbocycles. The fourth-order valence-corrected chi connectivity index (χ4v) is 6.54. The molecule has 2 saturated heterocycles. The molecule has 2 aliphatic heterocycles. The van der Waals surface area contributed by atoms with Crippen LogP contribution in [0.3, 0.4) is 0 Å². The second kappa shape index (κ2) is 7.85. The predicted molar refractivity (Wildman–Crippen MR) is 116 cm³/mol. The summed E-state index contributed by atoms with van der Waals surface area (Å²) in [7, 11) is -6.31. The number of imidazole rings is 1. The van der Waals surface area contributed by atoms with Crippen molar-refractivity contribution in [2.24, 2.45) is 0 Å². The molecule has 0 aliphatic carbocycles. The third-order valence-electron chi connectivity index (χ3n) is 5.06. The third-order valence-corrected chi connectivity index (χ3v) is 8.49. The summed E-state index contributed by atoms with van der Waals surface area (Å²) >= 11 is 10.9. The Morgan fingerprint density at radius 1 is 1.31 bits per heavy atom. The quantitative estimate of drug-likeness (QED) is 0.408. The Balaban J connectivity index is 1.74. The van der Waals surface area contributed by atoms with Gasteiger partial charge in [0.25, 0.3) is 5.56 Å². The summed E-state index contributed by atoms with van der Waals surface area (Å²) in [6.45, 7) is 0.0675. The van der Waals surface area contributed by atoms with E-state index in [4.69, 9.17) is 42.9 Å². The van der Waals surface area contributed by atoms with E-state index in [2.05, 4.69) is 15.0 Å². The van der Waals surface area contributed by atoms with E-state index in [1.54, 1.807) is 0 Å². The fraction of sp³-hybridized carbons (Fsp3) is 0.312. The normalized spacial score (nSPS) is 28.1. The summed E-state index contributed by atoms with van der Waals surface area (Å²) in [6, 6.07) is 5.39. The predicted octanol–water partition coefficient (Wildman–Crippen LogP) is 0.368. The maximum atomic E-state index is 13.5. The molecule has 0 saturated carbocycles. The molecular weight excluding hydrogens is 505 g/mol. The molecule has 0 amide bonds. The maximum absolute atomic E-state index is 13.5. The van der Waals surface area contributed by atoms with Gasteiger partial charge in [0.2, 0.25) is 20.9 Å². The molecule has 2 aliphatic rings. The molecule has 4 heterocycles. The van der Waals surface area contributed by atoms with Crippen LogP contribution in [0.5, 0.6) is 0 Å². The number of nitrogens with one attached hydrogen (secondary N) is 1. The summed E-state index contributed by atoms with van der Waals surface area (Å²) in [5.41, 5.74) is 4.46. The van der Waals surface area contributed by atoms with E-state index < -0.39 is 52.2 Å². The summed E-state index contributed by atoms with van der Waals surface area (Å²) < 4.78 is 44.7. The van der Waals surface area contributed by atoms with Gasteiger partial charge in [0.15, 0.2) is 24.5 Å². The van der Waals surface area contributed by atoms with E-state index in [-0.39, 0.29) is 28.6 Å². The fourth-order valence-electron chi connectivity index (χ4n) is 3.63. The zero-order valence-corrected chi connectivity index (χ0v) is 19.2. The van der Waals surface area contributed by atoms with E-state index >= 15 is 0 Å². The van der Waals surface area contributed by atoms with Crippen molar-refractivity contribution in [2.75, 3.05) is 12.3 Å². The monoisotopic (exact) mass is 519 g/mol. The number of hydrogen-bond donors (Lipinski definition) is 3. The zero-order chi connectivity index (χ0) is 22.8. The second-order valence-corrected chi connectivity index (χ2v) is 11.3. The number of fused-ring (bicyclic) bond motifs is 2. The van der Waals surface area contributed by atoms with Gasteiger partial charge in [-0.25, -0.2) is 13.4 Å². The average Bonchev–Trinajstić information content (AvgIpc) is 3.27. The molecule has 0 radical (unpaired) electrons. The largest absolute Gasteiger partial charge is 0.386 e. The molecule has 32 heavy (non-hydrogen) atoms. The van der Waals surface area contributed by atoms with Gasteiger partial charge in [0.05, 0.1) is 11.5 Å². The van der Waals surface area contributed by atoms with E-state index in [1.165, 1.54) is 24.3 Å². The highest BCUT2D eigenvalue weighted by atomic mass is 35.5. The number of benzene rings is 1. The zero-order valence-electron chi connectivity index (χ0n) is 15.8. The molecule has 12 nitrogen and oxygen atoms in total. The number of sulfone groups is 1. The number of H-pyrrole nitrogens is 1. The van der Waals surface area contributed by atoms with Gasteiger partial charge in [-0.15, -0.1) is 0 Å². The van der Waals surface area contributed by atoms with Gasteiger partial charge in [-0.1, -0.05) is 11.6 Å². The number of ether oxygens (including phenoxy) is 1. The standard InChI is InChI=1S/C16H15ClN5O7PS2/c17-6-1-3-7(4-2-6)32(25,26)16-19-9-12(20-15(18)21-13(9)24)22(16)14-10(23)11-8(28-14)5-27-30(31)29-11/h1-4,8,10-11,14,23,30H,5H2,(H3,18,20,21,24)/t8?,10-,11+,14+/m0/s1. The van der Waals surface area contributed by atoms with Crippen LogP contribution in [0.4, 0.5) is 5.95 Å².